The van der Waals surface area contributed by atoms with Crippen molar-refractivity contribution in [1.29, 1.82) is 0 Å². The molecule has 2 aromatic rings. The van der Waals surface area contributed by atoms with E-state index in [1.165, 1.54) is 0 Å². The van der Waals surface area contributed by atoms with Gasteiger partial charge < -0.3 is 14.6 Å². The van der Waals surface area contributed by atoms with E-state index in [-0.39, 0.29) is 12.6 Å². The topological polar surface area (TPSA) is 55.8 Å². The van der Waals surface area contributed by atoms with Crippen LogP contribution in [0.5, 0.6) is 5.75 Å². The van der Waals surface area contributed by atoms with Gasteiger partial charge in [-0.15, -0.1) is 0 Å². The first-order valence-electron chi connectivity index (χ1n) is 6.83. The maximum absolute atomic E-state index is 11.5. The van der Waals surface area contributed by atoms with Gasteiger partial charge in [-0.1, -0.05) is 30.3 Å². The number of esters is 1. The minimum Gasteiger partial charge on any atom is -0.491 e. The Morgan fingerprint density at radius 2 is 1.76 bits per heavy atom. The van der Waals surface area contributed by atoms with Gasteiger partial charge in [0.25, 0.3) is 0 Å². The van der Waals surface area contributed by atoms with E-state index in [4.69, 9.17) is 9.47 Å². The second-order valence-corrected chi connectivity index (χ2v) is 4.48. The molecule has 0 heterocycles. The highest BCUT2D eigenvalue weighted by molar-refractivity contribution is 5.89. The molecular weight excluding hydrogens is 268 g/mol. The van der Waals surface area contributed by atoms with Gasteiger partial charge in [-0.25, -0.2) is 4.79 Å². The van der Waals surface area contributed by atoms with Gasteiger partial charge in [-0.3, -0.25) is 0 Å². The maximum Gasteiger partial charge on any atom is 0.338 e. The van der Waals surface area contributed by atoms with E-state index in [9.17, 15) is 9.90 Å². The summed E-state index contributed by atoms with van der Waals surface area (Å²) in [4.78, 5) is 11.5. The number of carbonyl (C=O) groups is 1. The van der Waals surface area contributed by atoms with Crippen LogP contribution in [0.3, 0.4) is 0 Å². The van der Waals surface area contributed by atoms with Crippen LogP contribution in [0.4, 0.5) is 0 Å². The zero-order valence-electron chi connectivity index (χ0n) is 11.9. The minimum atomic E-state index is -0.684. The molecule has 0 amide bonds. The van der Waals surface area contributed by atoms with Crippen molar-refractivity contribution in [2.45, 2.75) is 13.0 Å². The normalized spacial score (nSPS) is 11.7. The van der Waals surface area contributed by atoms with Crippen molar-refractivity contribution in [3.63, 3.8) is 0 Å². The van der Waals surface area contributed by atoms with Crippen molar-refractivity contribution in [3.05, 3.63) is 65.7 Å². The van der Waals surface area contributed by atoms with E-state index in [0.717, 1.165) is 5.56 Å². The fourth-order valence-corrected chi connectivity index (χ4v) is 1.85. The first-order valence-corrected chi connectivity index (χ1v) is 6.83. The first-order chi connectivity index (χ1) is 10.2. The summed E-state index contributed by atoms with van der Waals surface area (Å²) >= 11 is 0. The standard InChI is InChI=1S/C17H18O4/c1-2-20-17(19)14-8-10-15(11-9-14)21-12-16(18)13-6-4-3-5-7-13/h3-11,16,18H,2,12H2,1H3. The van der Waals surface area contributed by atoms with Crippen LogP contribution in [0.15, 0.2) is 54.6 Å². The number of aliphatic hydroxyl groups excluding tert-OH is 1. The van der Waals surface area contributed by atoms with E-state index >= 15 is 0 Å². The molecule has 2 rings (SSSR count). The van der Waals surface area contributed by atoms with E-state index in [2.05, 4.69) is 0 Å². The third-order valence-electron chi connectivity index (χ3n) is 2.96. The molecule has 0 saturated heterocycles. The van der Waals surface area contributed by atoms with Crippen LogP contribution in [-0.2, 0) is 4.74 Å². The lowest BCUT2D eigenvalue weighted by Crippen LogP contribution is -2.10. The van der Waals surface area contributed by atoms with Crippen LogP contribution in [0, 0.1) is 0 Å². The number of carbonyl (C=O) groups excluding carboxylic acids is 1. The zero-order chi connectivity index (χ0) is 15.1. The highest BCUT2D eigenvalue weighted by atomic mass is 16.5. The summed E-state index contributed by atoms with van der Waals surface area (Å²) in [6.07, 6.45) is -0.684. The Morgan fingerprint density at radius 3 is 2.38 bits per heavy atom. The summed E-state index contributed by atoms with van der Waals surface area (Å²) in [6.45, 7) is 2.27. The third-order valence-corrected chi connectivity index (χ3v) is 2.96. The highest BCUT2D eigenvalue weighted by Gasteiger charge is 2.09. The molecule has 0 radical (unpaired) electrons. The summed E-state index contributed by atoms with van der Waals surface area (Å²) in [7, 11) is 0. The zero-order valence-corrected chi connectivity index (χ0v) is 11.9. The highest BCUT2D eigenvalue weighted by Crippen LogP contribution is 2.17. The van der Waals surface area contributed by atoms with Crippen molar-refractivity contribution in [3.8, 4) is 5.75 Å². The van der Waals surface area contributed by atoms with Crippen LogP contribution in [0.25, 0.3) is 0 Å². The summed E-state index contributed by atoms with van der Waals surface area (Å²) < 4.78 is 10.4. The number of hydrogen-bond donors (Lipinski definition) is 1. The molecule has 0 aliphatic heterocycles. The second kappa shape index (κ2) is 7.45. The van der Waals surface area contributed by atoms with Gasteiger partial charge >= 0.3 is 5.97 Å². The molecule has 0 bridgehead atoms. The number of benzene rings is 2. The average Bonchev–Trinajstić information content (AvgIpc) is 2.54. The molecule has 0 fully saturated rings. The molecule has 0 aromatic heterocycles. The molecule has 21 heavy (non-hydrogen) atoms. The lowest BCUT2D eigenvalue weighted by molar-refractivity contribution is 0.0526. The van der Waals surface area contributed by atoms with Crippen LogP contribution < -0.4 is 4.74 Å². The largest absolute Gasteiger partial charge is 0.491 e. The van der Waals surface area contributed by atoms with Gasteiger partial charge in [0.15, 0.2) is 0 Å². The molecule has 1 atom stereocenters. The van der Waals surface area contributed by atoms with Crippen molar-refractivity contribution in [2.24, 2.45) is 0 Å². The Morgan fingerprint density at radius 1 is 1.10 bits per heavy atom. The SMILES string of the molecule is CCOC(=O)c1ccc(OCC(O)c2ccccc2)cc1. The monoisotopic (exact) mass is 286 g/mol. The molecule has 1 N–H and O–H groups in total. The summed E-state index contributed by atoms with van der Waals surface area (Å²) in [5, 5.41) is 10.00. The van der Waals surface area contributed by atoms with E-state index in [1.807, 2.05) is 30.3 Å². The smallest absolute Gasteiger partial charge is 0.338 e. The third kappa shape index (κ3) is 4.33. The van der Waals surface area contributed by atoms with E-state index < -0.39 is 6.10 Å². The molecule has 110 valence electrons. The fourth-order valence-electron chi connectivity index (χ4n) is 1.85. The lowest BCUT2D eigenvalue weighted by atomic mass is 10.1. The predicted octanol–water partition coefficient (Wildman–Crippen LogP) is 2.98. The molecule has 4 heteroatoms. The van der Waals surface area contributed by atoms with Gasteiger partial charge in [0.05, 0.1) is 12.2 Å². The Labute approximate surface area is 123 Å². The van der Waals surface area contributed by atoms with Gasteiger partial charge in [-0.05, 0) is 36.8 Å². The van der Waals surface area contributed by atoms with Crippen LogP contribution in [0.2, 0.25) is 0 Å². The van der Waals surface area contributed by atoms with Crippen molar-refractivity contribution in [1.82, 2.24) is 0 Å². The number of aliphatic hydroxyl groups is 1. The predicted molar refractivity (Wildman–Crippen MR) is 79.3 cm³/mol. The van der Waals surface area contributed by atoms with Crippen LogP contribution >= 0.6 is 0 Å². The molecule has 0 spiro atoms. The Kier molecular flexibility index (Phi) is 5.35. The fraction of sp³-hybridized carbons (Fsp3) is 0.235. The number of hydrogen-bond acceptors (Lipinski definition) is 4. The van der Waals surface area contributed by atoms with Gasteiger partial charge in [0.2, 0.25) is 0 Å². The molecule has 4 nitrogen and oxygen atoms in total. The molecule has 0 aliphatic rings. The van der Waals surface area contributed by atoms with Crippen molar-refractivity contribution < 1.29 is 19.4 Å². The van der Waals surface area contributed by atoms with Crippen molar-refractivity contribution in [2.75, 3.05) is 13.2 Å². The van der Waals surface area contributed by atoms with Crippen LogP contribution in [0.1, 0.15) is 28.9 Å². The summed E-state index contributed by atoms with van der Waals surface area (Å²) in [6, 6.07) is 16.0. The molecule has 1 unspecified atom stereocenters. The Hall–Kier alpha value is -2.33. The summed E-state index contributed by atoms with van der Waals surface area (Å²) in [5.41, 5.74) is 1.29. The summed E-state index contributed by atoms with van der Waals surface area (Å²) in [5.74, 6) is 0.242. The Balaban J connectivity index is 1.90. The average molecular weight is 286 g/mol. The Bertz CT molecular complexity index is 563. The van der Waals surface area contributed by atoms with Gasteiger partial charge in [0, 0.05) is 0 Å². The van der Waals surface area contributed by atoms with E-state index in [1.54, 1.807) is 31.2 Å². The van der Waals surface area contributed by atoms with Crippen LogP contribution in [-0.4, -0.2) is 24.3 Å². The minimum absolute atomic E-state index is 0.156. The lowest BCUT2D eigenvalue weighted by Gasteiger charge is -2.12. The maximum atomic E-state index is 11.5. The van der Waals surface area contributed by atoms with Gasteiger partial charge in [0.1, 0.15) is 18.5 Å². The number of ether oxygens (including phenoxy) is 2. The second-order valence-electron chi connectivity index (χ2n) is 4.48. The molecule has 2 aromatic carbocycles. The quantitative estimate of drug-likeness (QED) is 0.829. The van der Waals surface area contributed by atoms with E-state index in [0.29, 0.717) is 17.9 Å². The number of rotatable bonds is 6. The molecule has 0 aliphatic carbocycles. The molecular formula is C17H18O4. The molecule has 0 saturated carbocycles. The first kappa shape index (κ1) is 15.1. The van der Waals surface area contributed by atoms with Crippen molar-refractivity contribution >= 4 is 5.97 Å². The van der Waals surface area contributed by atoms with Gasteiger partial charge in [-0.2, -0.15) is 0 Å².